The van der Waals surface area contributed by atoms with Gasteiger partial charge in [-0.25, -0.2) is 0 Å². The maximum atomic E-state index is 12.8. The number of carbonyl (C=O) groups is 1. The molecule has 0 saturated carbocycles. The molecule has 7 nitrogen and oxygen atoms in total. The smallest absolute Gasteiger partial charge is 0.387 e. The number of alkyl halides is 2. The topological polar surface area (TPSA) is 88.3 Å². The van der Waals surface area contributed by atoms with Crippen molar-refractivity contribution in [2.24, 2.45) is 5.41 Å². The molecule has 2 heterocycles. The second-order valence-corrected chi connectivity index (χ2v) is 6.93. The van der Waals surface area contributed by atoms with Gasteiger partial charge in [0.1, 0.15) is 5.75 Å². The summed E-state index contributed by atoms with van der Waals surface area (Å²) in [4.78, 5) is 12.8. The van der Waals surface area contributed by atoms with Crippen LogP contribution in [0.25, 0.3) is 11.3 Å². The Morgan fingerprint density at radius 3 is 2.86 bits per heavy atom. The normalized spacial score (nSPS) is 16.1. The zero-order valence-electron chi connectivity index (χ0n) is 15.6. The number of benzene rings is 1. The summed E-state index contributed by atoms with van der Waals surface area (Å²) in [6.45, 7) is -0.0947. The fourth-order valence-corrected chi connectivity index (χ4v) is 3.50. The maximum Gasteiger partial charge on any atom is 0.387 e. The molecule has 0 radical (unpaired) electrons. The standard InChI is InChI=1S/C19H24F2N4O3/c1-27-12-19(5-7-22-8-6-19)11-23-17(26)15-10-24-25-16(15)13-3-2-4-14(9-13)28-18(20)21/h2-4,9-10,18,22H,5-8,11-12H2,1H3,(H,23,26)(H,24,25). The Kier molecular flexibility index (Phi) is 6.58. The summed E-state index contributed by atoms with van der Waals surface area (Å²) in [7, 11) is 1.66. The van der Waals surface area contributed by atoms with Crippen LogP contribution in [-0.4, -0.2) is 56.1 Å². The summed E-state index contributed by atoms with van der Waals surface area (Å²) in [5.41, 5.74) is 1.22. The molecular weight excluding hydrogens is 370 g/mol. The third-order valence-corrected chi connectivity index (χ3v) is 4.97. The Morgan fingerprint density at radius 2 is 2.14 bits per heavy atom. The van der Waals surface area contributed by atoms with Crippen molar-refractivity contribution in [3.05, 3.63) is 36.0 Å². The van der Waals surface area contributed by atoms with Gasteiger partial charge in [0.25, 0.3) is 5.91 Å². The van der Waals surface area contributed by atoms with E-state index >= 15 is 0 Å². The van der Waals surface area contributed by atoms with E-state index in [1.165, 1.54) is 18.3 Å². The van der Waals surface area contributed by atoms with Crippen LogP contribution in [0.2, 0.25) is 0 Å². The molecule has 0 spiro atoms. The van der Waals surface area contributed by atoms with E-state index in [1.54, 1.807) is 19.2 Å². The number of aromatic nitrogens is 2. The van der Waals surface area contributed by atoms with E-state index in [2.05, 4.69) is 25.6 Å². The summed E-state index contributed by atoms with van der Waals surface area (Å²) >= 11 is 0. The van der Waals surface area contributed by atoms with Crippen molar-refractivity contribution >= 4 is 5.91 Å². The second kappa shape index (κ2) is 9.11. The van der Waals surface area contributed by atoms with E-state index in [9.17, 15) is 13.6 Å². The number of methoxy groups -OCH3 is 1. The molecule has 3 N–H and O–H groups in total. The average Bonchev–Trinajstić information content (AvgIpc) is 3.17. The number of rotatable bonds is 8. The number of nitrogens with zero attached hydrogens (tertiary/aromatic N) is 1. The number of hydrogen-bond donors (Lipinski definition) is 3. The van der Waals surface area contributed by atoms with Gasteiger partial charge in [0.05, 0.1) is 24.1 Å². The van der Waals surface area contributed by atoms with E-state index in [4.69, 9.17) is 4.74 Å². The number of carbonyl (C=O) groups excluding carboxylic acids is 1. The van der Waals surface area contributed by atoms with E-state index in [-0.39, 0.29) is 17.1 Å². The lowest BCUT2D eigenvalue weighted by Crippen LogP contribution is -2.47. The zero-order valence-corrected chi connectivity index (χ0v) is 15.6. The van der Waals surface area contributed by atoms with Crippen LogP contribution in [0.15, 0.2) is 30.5 Å². The van der Waals surface area contributed by atoms with Gasteiger partial charge >= 0.3 is 6.61 Å². The lowest BCUT2D eigenvalue weighted by atomic mass is 9.79. The Bertz CT molecular complexity index is 785. The quantitative estimate of drug-likeness (QED) is 0.640. The van der Waals surface area contributed by atoms with Crippen molar-refractivity contribution < 1.29 is 23.0 Å². The number of ether oxygens (including phenoxy) is 2. The van der Waals surface area contributed by atoms with Crippen molar-refractivity contribution in [3.8, 4) is 17.0 Å². The molecule has 1 aliphatic rings. The average molecular weight is 394 g/mol. The molecule has 28 heavy (non-hydrogen) atoms. The number of hydrogen-bond acceptors (Lipinski definition) is 5. The number of nitrogens with one attached hydrogen (secondary N) is 3. The highest BCUT2D eigenvalue weighted by molar-refractivity contribution is 5.99. The minimum atomic E-state index is -2.92. The van der Waals surface area contributed by atoms with E-state index < -0.39 is 6.61 Å². The molecule has 2 aromatic rings. The van der Waals surface area contributed by atoms with Gasteiger partial charge < -0.3 is 20.1 Å². The molecule has 9 heteroatoms. The molecule has 0 bridgehead atoms. The third kappa shape index (κ3) is 4.85. The van der Waals surface area contributed by atoms with Crippen LogP contribution in [-0.2, 0) is 4.74 Å². The third-order valence-electron chi connectivity index (χ3n) is 4.97. The van der Waals surface area contributed by atoms with Crippen molar-refractivity contribution in [1.29, 1.82) is 0 Å². The number of aromatic amines is 1. The van der Waals surface area contributed by atoms with Crippen LogP contribution in [0.1, 0.15) is 23.2 Å². The van der Waals surface area contributed by atoms with Gasteiger partial charge in [0, 0.05) is 24.6 Å². The van der Waals surface area contributed by atoms with E-state index in [1.807, 2.05) is 0 Å². The molecule has 1 amide bonds. The molecule has 1 fully saturated rings. The van der Waals surface area contributed by atoms with Crippen LogP contribution in [0.3, 0.4) is 0 Å². The first-order valence-electron chi connectivity index (χ1n) is 9.09. The first-order chi connectivity index (χ1) is 13.5. The minimum absolute atomic E-state index is 0.0159. The Balaban J connectivity index is 1.73. The molecule has 1 aliphatic heterocycles. The SMILES string of the molecule is COCC1(CNC(=O)c2cn[nH]c2-c2cccc(OC(F)F)c2)CCNCC1. The summed E-state index contributed by atoms with van der Waals surface area (Å²) in [5, 5.41) is 13.0. The van der Waals surface area contributed by atoms with Gasteiger partial charge in [-0.1, -0.05) is 12.1 Å². The molecule has 0 unspecified atom stereocenters. The number of piperidine rings is 1. The number of amides is 1. The largest absolute Gasteiger partial charge is 0.435 e. The summed E-state index contributed by atoms with van der Waals surface area (Å²) in [6.07, 6.45) is 3.25. The molecular formula is C19H24F2N4O3. The Labute approximate surface area is 161 Å². The summed E-state index contributed by atoms with van der Waals surface area (Å²) in [5.74, 6) is -0.264. The molecule has 0 atom stereocenters. The van der Waals surface area contributed by atoms with Gasteiger partial charge in [0.15, 0.2) is 0 Å². The number of halogens is 2. The highest BCUT2D eigenvalue weighted by Gasteiger charge is 2.33. The summed E-state index contributed by atoms with van der Waals surface area (Å²) < 4.78 is 34.7. The molecule has 1 aromatic carbocycles. The van der Waals surface area contributed by atoms with Crippen molar-refractivity contribution in [3.63, 3.8) is 0 Å². The van der Waals surface area contributed by atoms with Gasteiger partial charge in [-0.2, -0.15) is 13.9 Å². The van der Waals surface area contributed by atoms with E-state index in [0.717, 1.165) is 25.9 Å². The first-order valence-corrected chi connectivity index (χ1v) is 9.09. The van der Waals surface area contributed by atoms with Crippen LogP contribution in [0.5, 0.6) is 5.75 Å². The fourth-order valence-electron chi connectivity index (χ4n) is 3.50. The van der Waals surface area contributed by atoms with Gasteiger partial charge in [-0.15, -0.1) is 0 Å². The molecule has 1 aromatic heterocycles. The van der Waals surface area contributed by atoms with Crippen LogP contribution >= 0.6 is 0 Å². The van der Waals surface area contributed by atoms with E-state index in [0.29, 0.717) is 30.0 Å². The van der Waals surface area contributed by atoms with Crippen LogP contribution in [0.4, 0.5) is 8.78 Å². The van der Waals surface area contributed by atoms with Crippen molar-refractivity contribution in [1.82, 2.24) is 20.8 Å². The second-order valence-electron chi connectivity index (χ2n) is 6.93. The minimum Gasteiger partial charge on any atom is -0.435 e. The van der Waals surface area contributed by atoms with Crippen molar-refractivity contribution in [2.45, 2.75) is 19.5 Å². The molecule has 3 rings (SSSR count). The fraction of sp³-hybridized carbons (Fsp3) is 0.474. The molecule has 1 saturated heterocycles. The predicted molar refractivity (Wildman–Crippen MR) is 99.4 cm³/mol. The van der Waals surface area contributed by atoms with Crippen LogP contribution in [0, 0.1) is 5.41 Å². The highest BCUT2D eigenvalue weighted by atomic mass is 19.3. The zero-order chi connectivity index (χ0) is 20.0. The Hall–Kier alpha value is -2.52. The molecule has 152 valence electrons. The predicted octanol–water partition coefficient (Wildman–Crippen LogP) is 2.42. The van der Waals surface area contributed by atoms with Crippen molar-refractivity contribution in [2.75, 3.05) is 33.4 Å². The van der Waals surface area contributed by atoms with Gasteiger partial charge in [-0.3, -0.25) is 9.89 Å². The number of H-pyrrole nitrogens is 1. The first kappa shape index (κ1) is 20.2. The monoisotopic (exact) mass is 394 g/mol. The molecule has 0 aliphatic carbocycles. The van der Waals surface area contributed by atoms with Gasteiger partial charge in [0.2, 0.25) is 0 Å². The maximum absolute atomic E-state index is 12.8. The Morgan fingerprint density at radius 1 is 1.36 bits per heavy atom. The highest BCUT2D eigenvalue weighted by Crippen LogP contribution is 2.29. The van der Waals surface area contributed by atoms with Gasteiger partial charge in [-0.05, 0) is 38.1 Å². The summed E-state index contributed by atoms with van der Waals surface area (Å²) in [6, 6.07) is 6.15. The lowest BCUT2D eigenvalue weighted by molar-refractivity contribution is -0.0498. The lowest BCUT2D eigenvalue weighted by Gasteiger charge is -2.37. The van der Waals surface area contributed by atoms with Crippen LogP contribution < -0.4 is 15.4 Å².